The molecule has 0 aromatic heterocycles. The monoisotopic (exact) mass is 390 g/mol. The molecule has 0 aromatic carbocycles. The van der Waals surface area contributed by atoms with Gasteiger partial charge >= 0.3 is 11.9 Å². The summed E-state index contributed by atoms with van der Waals surface area (Å²) in [7, 11) is 0. The number of hydrogen-bond acceptors (Lipinski definition) is 5. The number of carbonyl (C=O) groups is 2. The molecule has 156 valence electrons. The number of unbranched alkanes of at least 4 members (excludes halogenated alkanes) is 1. The van der Waals surface area contributed by atoms with E-state index in [0.29, 0.717) is 36.5 Å². The van der Waals surface area contributed by atoms with Crippen molar-refractivity contribution in [3.05, 3.63) is 0 Å². The van der Waals surface area contributed by atoms with Crippen LogP contribution in [0.15, 0.2) is 0 Å². The smallest absolute Gasteiger partial charge is 0.344 e. The van der Waals surface area contributed by atoms with Crippen molar-refractivity contribution in [2.75, 3.05) is 6.61 Å². The standard InChI is InChI=1S/C23H34O5/c1-6-7-8-9-20(24)26-14-21(25)27-19-13-23(15(2)3)12-17-16(4)10-11-18(17)22(19,5)28-23/h1,15-19H,7-14H2,2-5H3/t16?,17-,18?,19?,22?,23?/m1/s1. The van der Waals surface area contributed by atoms with Gasteiger partial charge in [0, 0.05) is 19.3 Å². The molecule has 28 heavy (non-hydrogen) atoms. The van der Waals surface area contributed by atoms with Crippen molar-refractivity contribution < 1.29 is 23.8 Å². The maximum atomic E-state index is 12.4. The van der Waals surface area contributed by atoms with E-state index < -0.39 is 17.5 Å². The summed E-state index contributed by atoms with van der Waals surface area (Å²) in [6.07, 6.45) is 10.3. The van der Waals surface area contributed by atoms with Crippen molar-refractivity contribution >= 4 is 11.9 Å². The summed E-state index contributed by atoms with van der Waals surface area (Å²) in [5.74, 6) is 3.66. The Hall–Kier alpha value is -1.54. The van der Waals surface area contributed by atoms with Crippen LogP contribution in [-0.2, 0) is 23.8 Å². The van der Waals surface area contributed by atoms with Crippen LogP contribution >= 0.6 is 0 Å². The second-order valence-electron chi connectivity index (χ2n) is 9.44. The fourth-order valence-electron chi connectivity index (χ4n) is 5.71. The van der Waals surface area contributed by atoms with Crippen molar-refractivity contribution in [1.82, 2.24) is 0 Å². The average Bonchev–Trinajstić information content (AvgIpc) is 3.11. The highest BCUT2D eigenvalue weighted by atomic mass is 16.6. The minimum Gasteiger partial charge on any atom is -0.457 e. The highest BCUT2D eigenvalue weighted by molar-refractivity contribution is 5.76. The van der Waals surface area contributed by atoms with E-state index in [-0.39, 0.29) is 24.7 Å². The maximum absolute atomic E-state index is 12.4. The Morgan fingerprint density at radius 2 is 2.00 bits per heavy atom. The Bertz CT molecular complexity index is 650. The molecule has 3 aliphatic rings. The van der Waals surface area contributed by atoms with E-state index in [2.05, 4.69) is 33.6 Å². The van der Waals surface area contributed by atoms with Gasteiger partial charge in [-0.15, -0.1) is 12.3 Å². The van der Waals surface area contributed by atoms with Crippen LogP contribution in [0.25, 0.3) is 0 Å². The minimum absolute atomic E-state index is 0.222. The van der Waals surface area contributed by atoms with E-state index in [1.165, 1.54) is 6.42 Å². The van der Waals surface area contributed by atoms with Crippen LogP contribution in [-0.4, -0.2) is 35.9 Å². The molecule has 2 saturated heterocycles. The molecule has 5 nitrogen and oxygen atoms in total. The number of ether oxygens (including phenoxy) is 3. The van der Waals surface area contributed by atoms with Gasteiger partial charge in [0.15, 0.2) is 6.61 Å². The van der Waals surface area contributed by atoms with Gasteiger partial charge in [0.1, 0.15) is 11.7 Å². The van der Waals surface area contributed by atoms with E-state index in [1.54, 1.807) is 0 Å². The summed E-state index contributed by atoms with van der Waals surface area (Å²) in [6, 6.07) is 0. The van der Waals surface area contributed by atoms with Crippen molar-refractivity contribution in [3.63, 3.8) is 0 Å². The molecule has 5 unspecified atom stereocenters. The normalized spacial score (nSPS) is 38.7. The average molecular weight is 391 g/mol. The van der Waals surface area contributed by atoms with Crippen LogP contribution in [0, 0.1) is 36.0 Å². The Kier molecular flexibility index (Phi) is 6.10. The number of carbonyl (C=O) groups excluding carboxylic acids is 2. The SMILES string of the molecule is C#CCCCC(=O)OCC(=O)OC1CC2(C(C)C)C[C@@H]3C(C)CCC3C1(C)O2. The Balaban J connectivity index is 1.63. The molecule has 2 bridgehead atoms. The molecule has 1 aliphatic carbocycles. The zero-order valence-corrected chi connectivity index (χ0v) is 17.7. The van der Waals surface area contributed by atoms with Gasteiger partial charge in [-0.05, 0) is 49.9 Å². The van der Waals surface area contributed by atoms with Crippen LogP contribution in [0.3, 0.4) is 0 Å². The molecule has 5 heteroatoms. The number of hydrogen-bond donors (Lipinski definition) is 0. The van der Waals surface area contributed by atoms with Crippen molar-refractivity contribution in [1.29, 1.82) is 0 Å². The van der Waals surface area contributed by atoms with Crippen molar-refractivity contribution in [3.8, 4) is 12.3 Å². The highest BCUT2D eigenvalue weighted by Crippen LogP contribution is 2.62. The second-order valence-corrected chi connectivity index (χ2v) is 9.44. The van der Waals surface area contributed by atoms with E-state index in [1.807, 2.05) is 0 Å². The van der Waals surface area contributed by atoms with Gasteiger partial charge in [-0.2, -0.15) is 0 Å². The number of rotatable bonds is 7. The fourth-order valence-corrected chi connectivity index (χ4v) is 5.71. The van der Waals surface area contributed by atoms with Gasteiger partial charge in [0.25, 0.3) is 0 Å². The molecule has 0 spiro atoms. The number of fused-ring (bicyclic) bond motifs is 4. The van der Waals surface area contributed by atoms with Gasteiger partial charge in [-0.3, -0.25) is 4.79 Å². The molecule has 1 saturated carbocycles. The van der Waals surface area contributed by atoms with E-state index >= 15 is 0 Å². The fraction of sp³-hybridized carbons (Fsp3) is 0.826. The summed E-state index contributed by atoms with van der Waals surface area (Å²) in [5.41, 5.74) is -0.685. The predicted molar refractivity (Wildman–Crippen MR) is 105 cm³/mol. The van der Waals surface area contributed by atoms with Crippen LogP contribution in [0.1, 0.15) is 72.6 Å². The summed E-state index contributed by atoms with van der Waals surface area (Å²) in [5, 5.41) is 0. The van der Waals surface area contributed by atoms with Gasteiger partial charge in [-0.1, -0.05) is 27.2 Å². The lowest BCUT2D eigenvalue weighted by molar-refractivity contribution is -0.215. The van der Waals surface area contributed by atoms with E-state index in [0.717, 1.165) is 19.3 Å². The Morgan fingerprint density at radius 1 is 1.25 bits per heavy atom. The summed E-state index contributed by atoms with van der Waals surface area (Å²) < 4.78 is 17.6. The first-order chi connectivity index (χ1) is 13.2. The lowest BCUT2D eigenvalue weighted by Crippen LogP contribution is -2.53. The number of terminal acetylenes is 1. The zero-order valence-electron chi connectivity index (χ0n) is 17.7. The van der Waals surface area contributed by atoms with Crippen LogP contribution in [0.2, 0.25) is 0 Å². The van der Waals surface area contributed by atoms with Crippen molar-refractivity contribution in [2.24, 2.45) is 23.7 Å². The molecule has 3 fully saturated rings. The second kappa shape index (κ2) is 8.06. The largest absolute Gasteiger partial charge is 0.457 e. The first kappa shape index (κ1) is 21.2. The quantitative estimate of drug-likeness (QED) is 0.375. The van der Waals surface area contributed by atoms with Crippen molar-refractivity contribution in [2.45, 2.75) is 89.9 Å². The summed E-state index contributed by atoms with van der Waals surface area (Å²) in [6.45, 7) is 8.51. The third kappa shape index (κ3) is 3.81. The molecular weight excluding hydrogens is 356 g/mol. The molecule has 0 radical (unpaired) electrons. The molecule has 0 aromatic rings. The first-order valence-corrected chi connectivity index (χ1v) is 10.7. The molecule has 2 aliphatic heterocycles. The molecule has 2 heterocycles. The topological polar surface area (TPSA) is 61.8 Å². The molecular formula is C23H34O5. The lowest BCUT2D eigenvalue weighted by atomic mass is 9.72. The highest BCUT2D eigenvalue weighted by Gasteiger charge is 2.66. The van der Waals surface area contributed by atoms with Gasteiger partial charge < -0.3 is 14.2 Å². The number of esters is 2. The molecule has 0 amide bonds. The van der Waals surface area contributed by atoms with E-state index in [4.69, 9.17) is 20.6 Å². The molecule has 0 N–H and O–H groups in total. The lowest BCUT2D eigenvalue weighted by Gasteiger charge is -2.48. The van der Waals surface area contributed by atoms with Crippen LogP contribution < -0.4 is 0 Å². The summed E-state index contributed by atoms with van der Waals surface area (Å²) in [4.78, 5) is 24.1. The van der Waals surface area contributed by atoms with Gasteiger partial charge in [0.05, 0.1) is 5.60 Å². The zero-order chi connectivity index (χ0) is 20.5. The molecule has 3 rings (SSSR count). The van der Waals surface area contributed by atoms with Crippen LogP contribution in [0.4, 0.5) is 0 Å². The molecule has 6 atom stereocenters. The summed E-state index contributed by atoms with van der Waals surface area (Å²) >= 11 is 0. The maximum Gasteiger partial charge on any atom is 0.344 e. The first-order valence-electron chi connectivity index (χ1n) is 10.7. The Labute approximate surface area is 168 Å². The third-order valence-corrected chi connectivity index (χ3v) is 7.47. The van der Waals surface area contributed by atoms with Gasteiger partial charge in [-0.25, -0.2) is 4.79 Å². The predicted octanol–water partition coefficient (Wildman–Crippen LogP) is 3.88. The Morgan fingerprint density at radius 3 is 2.68 bits per heavy atom. The van der Waals surface area contributed by atoms with Crippen LogP contribution in [0.5, 0.6) is 0 Å². The van der Waals surface area contributed by atoms with Gasteiger partial charge in [0.2, 0.25) is 0 Å². The minimum atomic E-state index is -0.492. The third-order valence-electron chi connectivity index (χ3n) is 7.47. The van der Waals surface area contributed by atoms with E-state index in [9.17, 15) is 9.59 Å².